The maximum absolute atomic E-state index is 11.8. The van der Waals surface area contributed by atoms with E-state index in [9.17, 15) is 4.79 Å². The van der Waals surface area contributed by atoms with E-state index in [1.807, 2.05) is 0 Å². The third kappa shape index (κ3) is 3.69. The van der Waals surface area contributed by atoms with Crippen LogP contribution in [0.25, 0.3) is 0 Å². The minimum atomic E-state index is -0.437. The average Bonchev–Trinajstić information content (AvgIpc) is 2.92. The Labute approximate surface area is 109 Å². The lowest BCUT2D eigenvalue weighted by Gasteiger charge is -2.05. The first kappa shape index (κ1) is 12.9. The summed E-state index contributed by atoms with van der Waals surface area (Å²) in [7, 11) is 0. The lowest BCUT2D eigenvalue weighted by atomic mass is 10.3. The van der Waals surface area contributed by atoms with Crippen LogP contribution in [0, 0.1) is 0 Å². The van der Waals surface area contributed by atoms with Crippen LogP contribution in [0.5, 0.6) is 0 Å². The summed E-state index contributed by atoms with van der Waals surface area (Å²) in [5.74, 6) is 0.221. The molecule has 19 heavy (non-hydrogen) atoms. The molecule has 2 aromatic heterocycles. The second-order valence-corrected chi connectivity index (χ2v) is 3.76. The van der Waals surface area contributed by atoms with Crippen molar-refractivity contribution in [3.8, 4) is 0 Å². The molecule has 0 saturated heterocycles. The minimum absolute atomic E-state index is 0.0937. The summed E-state index contributed by atoms with van der Waals surface area (Å²) in [4.78, 5) is 19.9. The number of anilines is 2. The highest BCUT2D eigenvalue weighted by Crippen LogP contribution is 2.04. The lowest BCUT2D eigenvalue weighted by molar-refractivity contribution is 0.102. The largest absolute Gasteiger partial charge is 0.369 e. The molecule has 3 N–H and O–H groups in total. The SMILES string of the molecule is CCCCNc1cncc(C(=O)Nc2nn[nH]n2)n1. The van der Waals surface area contributed by atoms with E-state index >= 15 is 0 Å². The number of carbonyl (C=O) groups is 1. The van der Waals surface area contributed by atoms with Gasteiger partial charge in [-0.2, -0.15) is 5.21 Å². The Morgan fingerprint density at radius 2 is 2.32 bits per heavy atom. The van der Waals surface area contributed by atoms with E-state index in [1.54, 1.807) is 6.20 Å². The first-order valence-corrected chi connectivity index (χ1v) is 5.90. The molecular weight excluding hydrogens is 248 g/mol. The Kier molecular flexibility index (Phi) is 4.32. The van der Waals surface area contributed by atoms with Crippen LogP contribution in [0.4, 0.5) is 11.8 Å². The first-order valence-electron chi connectivity index (χ1n) is 5.90. The monoisotopic (exact) mass is 262 g/mol. The molecule has 100 valence electrons. The number of hydrogen-bond acceptors (Lipinski definition) is 7. The highest BCUT2D eigenvalue weighted by atomic mass is 16.2. The quantitative estimate of drug-likeness (QED) is 0.646. The maximum Gasteiger partial charge on any atom is 0.278 e. The third-order valence-electron chi connectivity index (χ3n) is 2.27. The number of H-pyrrole nitrogens is 1. The van der Waals surface area contributed by atoms with Gasteiger partial charge in [-0.1, -0.05) is 18.4 Å². The fourth-order valence-electron chi connectivity index (χ4n) is 1.33. The molecule has 0 atom stereocenters. The summed E-state index contributed by atoms with van der Waals surface area (Å²) in [5.41, 5.74) is 0.186. The van der Waals surface area contributed by atoms with Crippen LogP contribution >= 0.6 is 0 Å². The molecule has 1 amide bonds. The molecule has 2 rings (SSSR count). The van der Waals surface area contributed by atoms with Crippen LogP contribution < -0.4 is 10.6 Å². The lowest BCUT2D eigenvalue weighted by Crippen LogP contribution is -2.16. The number of amides is 1. The zero-order chi connectivity index (χ0) is 13.5. The molecule has 0 aromatic carbocycles. The molecule has 0 fully saturated rings. The second-order valence-electron chi connectivity index (χ2n) is 3.76. The maximum atomic E-state index is 11.8. The molecular formula is C10H14N8O. The van der Waals surface area contributed by atoms with Crippen molar-refractivity contribution in [2.75, 3.05) is 17.2 Å². The standard InChI is InChI=1S/C10H14N8O/c1-2-3-4-12-8-6-11-5-7(13-8)9(19)14-10-15-17-18-16-10/h5-6H,2-4H2,1H3,(H,12,13)(H2,14,15,16,17,18,19). The molecule has 0 radical (unpaired) electrons. The van der Waals surface area contributed by atoms with Gasteiger partial charge in [0.1, 0.15) is 11.5 Å². The Bertz CT molecular complexity index is 526. The van der Waals surface area contributed by atoms with Gasteiger partial charge in [0, 0.05) is 6.54 Å². The summed E-state index contributed by atoms with van der Waals surface area (Å²) < 4.78 is 0. The van der Waals surface area contributed by atoms with Crippen LogP contribution in [-0.4, -0.2) is 43.0 Å². The molecule has 0 unspecified atom stereocenters. The number of nitrogens with one attached hydrogen (secondary N) is 3. The van der Waals surface area contributed by atoms with E-state index in [4.69, 9.17) is 0 Å². The Morgan fingerprint density at radius 3 is 3.05 bits per heavy atom. The number of tetrazole rings is 1. The topological polar surface area (TPSA) is 121 Å². The highest BCUT2D eigenvalue weighted by Gasteiger charge is 2.11. The summed E-state index contributed by atoms with van der Waals surface area (Å²) in [6, 6.07) is 0. The smallest absolute Gasteiger partial charge is 0.278 e. The summed E-state index contributed by atoms with van der Waals surface area (Å²) in [6.45, 7) is 2.89. The van der Waals surface area contributed by atoms with Gasteiger partial charge in [0.25, 0.3) is 11.9 Å². The number of carbonyl (C=O) groups excluding carboxylic acids is 1. The van der Waals surface area contributed by atoms with Crippen LogP contribution in [-0.2, 0) is 0 Å². The molecule has 2 aromatic rings. The molecule has 9 heteroatoms. The minimum Gasteiger partial charge on any atom is -0.369 e. The van der Waals surface area contributed by atoms with Crippen molar-refractivity contribution in [3.63, 3.8) is 0 Å². The van der Waals surface area contributed by atoms with Crippen molar-refractivity contribution in [2.24, 2.45) is 0 Å². The van der Waals surface area contributed by atoms with Gasteiger partial charge in [-0.3, -0.25) is 15.1 Å². The van der Waals surface area contributed by atoms with Gasteiger partial charge in [-0.25, -0.2) is 4.98 Å². The van der Waals surface area contributed by atoms with Crippen molar-refractivity contribution in [1.29, 1.82) is 0 Å². The zero-order valence-corrected chi connectivity index (χ0v) is 10.4. The van der Waals surface area contributed by atoms with Crippen molar-refractivity contribution in [3.05, 3.63) is 18.1 Å². The number of aromatic nitrogens is 6. The summed E-state index contributed by atoms with van der Waals surface area (Å²) >= 11 is 0. The normalized spacial score (nSPS) is 10.2. The summed E-state index contributed by atoms with van der Waals surface area (Å²) in [6.07, 6.45) is 5.06. The molecule has 0 spiro atoms. The summed E-state index contributed by atoms with van der Waals surface area (Å²) in [5, 5.41) is 18.4. The van der Waals surface area contributed by atoms with Crippen molar-refractivity contribution in [2.45, 2.75) is 19.8 Å². The second kappa shape index (κ2) is 6.38. The van der Waals surface area contributed by atoms with E-state index in [0.29, 0.717) is 5.82 Å². The number of rotatable bonds is 6. The predicted octanol–water partition coefficient (Wildman–Crippen LogP) is 0.454. The van der Waals surface area contributed by atoms with E-state index in [1.165, 1.54) is 6.20 Å². The van der Waals surface area contributed by atoms with Gasteiger partial charge in [-0.15, -0.1) is 5.10 Å². The fraction of sp³-hybridized carbons (Fsp3) is 0.400. The molecule has 2 heterocycles. The van der Waals surface area contributed by atoms with Crippen LogP contribution in [0.1, 0.15) is 30.3 Å². The molecule has 0 saturated carbocycles. The average molecular weight is 262 g/mol. The molecule has 0 aliphatic carbocycles. The highest BCUT2D eigenvalue weighted by molar-refractivity contribution is 6.01. The first-order chi connectivity index (χ1) is 9.29. The number of aromatic amines is 1. The van der Waals surface area contributed by atoms with Gasteiger partial charge in [0.15, 0.2) is 0 Å². The van der Waals surface area contributed by atoms with E-state index in [2.05, 4.69) is 48.1 Å². The van der Waals surface area contributed by atoms with Crippen molar-refractivity contribution in [1.82, 2.24) is 30.6 Å². The number of unbranched alkanes of at least 4 members (excludes halogenated alkanes) is 1. The van der Waals surface area contributed by atoms with Crippen LogP contribution in [0.3, 0.4) is 0 Å². The molecule has 9 nitrogen and oxygen atoms in total. The van der Waals surface area contributed by atoms with Gasteiger partial charge < -0.3 is 5.32 Å². The van der Waals surface area contributed by atoms with Gasteiger partial charge >= 0.3 is 0 Å². The van der Waals surface area contributed by atoms with Gasteiger partial charge in [0.2, 0.25) is 0 Å². The van der Waals surface area contributed by atoms with Crippen LogP contribution in [0.15, 0.2) is 12.4 Å². The fourth-order valence-corrected chi connectivity index (χ4v) is 1.33. The Balaban J connectivity index is 1.99. The Morgan fingerprint density at radius 1 is 1.42 bits per heavy atom. The number of hydrogen-bond donors (Lipinski definition) is 3. The third-order valence-corrected chi connectivity index (χ3v) is 2.27. The van der Waals surface area contributed by atoms with E-state index < -0.39 is 5.91 Å². The number of nitrogens with zero attached hydrogens (tertiary/aromatic N) is 5. The van der Waals surface area contributed by atoms with Crippen molar-refractivity contribution >= 4 is 17.7 Å². The van der Waals surface area contributed by atoms with Gasteiger partial charge in [0.05, 0.1) is 12.4 Å². The van der Waals surface area contributed by atoms with Gasteiger partial charge in [-0.05, 0) is 11.6 Å². The Hall–Kier alpha value is -2.58. The van der Waals surface area contributed by atoms with Crippen molar-refractivity contribution < 1.29 is 4.79 Å². The van der Waals surface area contributed by atoms with Crippen LogP contribution in [0.2, 0.25) is 0 Å². The molecule has 0 bridgehead atoms. The molecule has 0 aliphatic rings. The van der Waals surface area contributed by atoms with E-state index in [-0.39, 0.29) is 11.6 Å². The molecule has 0 aliphatic heterocycles. The predicted molar refractivity (Wildman–Crippen MR) is 67.6 cm³/mol. The van der Waals surface area contributed by atoms with E-state index in [0.717, 1.165) is 19.4 Å². The zero-order valence-electron chi connectivity index (χ0n) is 10.4.